The number of methoxy groups -OCH3 is 3. The third-order valence-electron chi connectivity index (χ3n) is 3.20. The van der Waals surface area contributed by atoms with Gasteiger partial charge in [0.05, 0.1) is 21.3 Å². The van der Waals surface area contributed by atoms with Gasteiger partial charge in [0.1, 0.15) is 0 Å². The number of amides is 1. The highest BCUT2D eigenvalue weighted by Crippen LogP contribution is 2.39. The highest BCUT2D eigenvalue weighted by molar-refractivity contribution is 9.10. The van der Waals surface area contributed by atoms with E-state index in [4.69, 9.17) is 18.9 Å². The number of benzene rings is 2. The Morgan fingerprint density at radius 2 is 1.68 bits per heavy atom. The SMILES string of the molecule is COc1cc(NC(=O)COc2ccc(Br)cc2F)cc(OC)c1OC. The average molecular weight is 414 g/mol. The van der Waals surface area contributed by atoms with Gasteiger partial charge in [0.2, 0.25) is 5.75 Å². The number of hydrogen-bond donors (Lipinski definition) is 1. The zero-order chi connectivity index (χ0) is 18.4. The van der Waals surface area contributed by atoms with E-state index in [0.717, 1.165) is 0 Å². The summed E-state index contributed by atoms with van der Waals surface area (Å²) < 4.78 is 35.1. The summed E-state index contributed by atoms with van der Waals surface area (Å²) in [6.07, 6.45) is 0. The Morgan fingerprint density at radius 1 is 1.04 bits per heavy atom. The van der Waals surface area contributed by atoms with Crippen molar-refractivity contribution in [3.63, 3.8) is 0 Å². The van der Waals surface area contributed by atoms with Crippen LogP contribution in [0.4, 0.5) is 10.1 Å². The molecule has 2 aromatic rings. The fourth-order valence-corrected chi connectivity index (χ4v) is 2.42. The molecule has 0 heterocycles. The molecule has 1 amide bonds. The maximum Gasteiger partial charge on any atom is 0.262 e. The van der Waals surface area contributed by atoms with E-state index >= 15 is 0 Å². The molecule has 0 aliphatic carbocycles. The predicted octanol–water partition coefficient (Wildman–Crippen LogP) is 3.63. The van der Waals surface area contributed by atoms with E-state index in [9.17, 15) is 9.18 Å². The smallest absolute Gasteiger partial charge is 0.262 e. The normalized spacial score (nSPS) is 10.1. The van der Waals surface area contributed by atoms with Crippen LogP contribution in [-0.2, 0) is 4.79 Å². The number of nitrogens with one attached hydrogen (secondary N) is 1. The molecular weight excluding hydrogens is 397 g/mol. The Kier molecular flexibility index (Phi) is 6.46. The summed E-state index contributed by atoms with van der Waals surface area (Å²) in [5, 5.41) is 2.63. The highest BCUT2D eigenvalue weighted by atomic mass is 79.9. The van der Waals surface area contributed by atoms with Gasteiger partial charge in [-0.05, 0) is 18.2 Å². The van der Waals surface area contributed by atoms with E-state index in [0.29, 0.717) is 27.4 Å². The minimum Gasteiger partial charge on any atom is -0.493 e. The molecule has 0 aliphatic heterocycles. The summed E-state index contributed by atoms with van der Waals surface area (Å²) in [6, 6.07) is 7.48. The third-order valence-corrected chi connectivity index (χ3v) is 3.69. The van der Waals surface area contributed by atoms with Crippen molar-refractivity contribution in [1.29, 1.82) is 0 Å². The van der Waals surface area contributed by atoms with E-state index in [1.807, 2.05) is 0 Å². The molecular formula is C17H17BrFNO5. The number of halogens is 2. The number of anilines is 1. The Hall–Kier alpha value is -2.48. The number of carbonyl (C=O) groups is 1. The maximum absolute atomic E-state index is 13.7. The van der Waals surface area contributed by atoms with Crippen LogP contribution in [0.1, 0.15) is 0 Å². The molecule has 1 N–H and O–H groups in total. The van der Waals surface area contributed by atoms with Gasteiger partial charge in [-0.15, -0.1) is 0 Å². The summed E-state index contributed by atoms with van der Waals surface area (Å²) in [5.41, 5.74) is 0.430. The first-order valence-electron chi connectivity index (χ1n) is 7.16. The lowest BCUT2D eigenvalue weighted by molar-refractivity contribution is -0.118. The largest absolute Gasteiger partial charge is 0.493 e. The molecule has 2 aromatic carbocycles. The van der Waals surface area contributed by atoms with E-state index in [1.54, 1.807) is 18.2 Å². The average Bonchev–Trinajstić information content (AvgIpc) is 2.60. The number of ether oxygens (including phenoxy) is 4. The number of hydrogen-bond acceptors (Lipinski definition) is 5. The van der Waals surface area contributed by atoms with Crippen LogP contribution in [0.2, 0.25) is 0 Å². The van der Waals surface area contributed by atoms with Crippen molar-refractivity contribution >= 4 is 27.5 Å². The lowest BCUT2D eigenvalue weighted by Crippen LogP contribution is -2.20. The Bertz CT molecular complexity index is 744. The van der Waals surface area contributed by atoms with Crippen molar-refractivity contribution in [3.8, 4) is 23.0 Å². The van der Waals surface area contributed by atoms with Crippen LogP contribution in [0, 0.1) is 5.82 Å². The molecule has 0 saturated carbocycles. The van der Waals surface area contributed by atoms with E-state index in [2.05, 4.69) is 21.2 Å². The first-order valence-corrected chi connectivity index (χ1v) is 7.95. The molecule has 0 aliphatic rings. The van der Waals surface area contributed by atoms with Gasteiger partial charge in [0.25, 0.3) is 5.91 Å². The maximum atomic E-state index is 13.7. The molecule has 0 radical (unpaired) electrons. The van der Waals surface area contributed by atoms with Crippen molar-refractivity contribution in [1.82, 2.24) is 0 Å². The second-order valence-electron chi connectivity index (χ2n) is 4.83. The van der Waals surface area contributed by atoms with Gasteiger partial charge in [0.15, 0.2) is 29.7 Å². The highest BCUT2D eigenvalue weighted by Gasteiger charge is 2.15. The standard InChI is InChI=1S/C17H17BrFNO5/c1-22-14-7-11(8-15(23-2)17(14)24-3)20-16(21)9-25-13-5-4-10(18)6-12(13)19/h4-8H,9H2,1-3H3,(H,20,21). The van der Waals surface area contributed by atoms with Gasteiger partial charge < -0.3 is 24.3 Å². The van der Waals surface area contributed by atoms with Crippen molar-refractivity contribution in [2.24, 2.45) is 0 Å². The molecule has 0 saturated heterocycles. The molecule has 25 heavy (non-hydrogen) atoms. The first kappa shape index (κ1) is 18.9. The summed E-state index contributed by atoms with van der Waals surface area (Å²) in [6.45, 7) is -0.352. The molecule has 0 atom stereocenters. The minimum atomic E-state index is -0.560. The quantitative estimate of drug-likeness (QED) is 0.750. The molecule has 0 aromatic heterocycles. The summed E-state index contributed by atoms with van der Waals surface area (Å²) in [4.78, 5) is 12.0. The van der Waals surface area contributed by atoms with Crippen LogP contribution < -0.4 is 24.3 Å². The van der Waals surface area contributed by atoms with Gasteiger partial charge in [0, 0.05) is 22.3 Å². The van der Waals surface area contributed by atoms with Gasteiger partial charge in [-0.3, -0.25) is 4.79 Å². The fourth-order valence-electron chi connectivity index (χ4n) is 2.09. The van der Waals surface area contributed by atoms with E-state index in [1.165, 1.54) is 33.5 Å². The van der Waals surface area contributed by atoms with Crippen molar-refractivity contribution in [3.05, 3.63) is 40.6 Å². The number of carbonyl (C=O) groups excluding carboxylic acids is 1. The lowest BCUT2D eigenvalue weighted by Gasteiger charge is -2.14. The first-order chi connectivity index (χ1) is 12.0. The molecule has 8 heteroatoms. The molecule has 0 fully saturated rings. The van der Waals surface area contributed by atoms with Crippen molar-refractivity contribution < 1.29 is 28.1 Å². The topological polar surface area (TPSA) is 66.0 Å². The van der Waals surface area contributed by atoms with Crippen LogP contribution in [0.5, 0.6) is 23.0 Å². The second kappa shape index (κ2) is 8.57. The predicted molar refractivity (Wildman–Crippen MR) is 94.3 cm³/mol. The van der Waals surface area contributed by atoms with Crippen LogP contribution in [0.15, 0.2) is 34.8 Å². The van der Waals surface area contributed by atoms with Gasteiger partial charge in [-0.1, -0.05) is 15.9 Å². The Morgan fingerprint density at radius 3 is 2.20 bits per heavy atom. The molecule has 6 nitrogen and oxygen atoms in total. The molecule has 0 unspecified atom stereocenters. The molecule has 0 bridgehead atoms. The van der Waals surface area contributed by atoms with Crippen molar-refractivity contribution in [2.45, 2.75) is 0 Å². The minimum absolute atomic E-state index is 0.0109. The third kappa shape index (κ3) is 4.76. The van der Waals surface area contributed by atoms with Gasteiger partial charge in [-0.25, -0.2) is 4.39 Å². The Balaban J connectivity index is 2.07. The summed E-state index contributed by atoms with van der Waals surface area (Å²) in [5.74, 6) is 0.181. The van der Waals surface area contributed by atoms with Crippen LogP contribution in [0.3, 0.4) is 0 Å². The van der Waals surface area contributed by atoms with Crippen LogP contribution in [-0.4, -0.2) is 33.8 Å². The monoisotopic (exact) mass is 413 g/mol. The zero-order valence-electron chi connectivity index (χ0n) is 13.9. The van der Waals surface area contributed by atoms with E-state index in [-0.39, 0.29) is 12.4 Å². The molecule has 0 spiro atoms. The van der Waals surface area contributed by atoms with Gasteiger partial charge in [-0.2, -0.15) is 0 Å². The number of rotatable bonds is 7. The second-order valence-corrected chi connectivity index (χ2v) is 5.74. The zero-order valence-corrected chi connectivity index (χ0v) is 15.5. The Labute approximate surface area is 153 Å². The lowest BCUT2D eigenvalue weighted by atomic mass is 10.2. The van der Waals surface area contributed by atoms with Crippen molar-refractivity contribution in [2.75, 3.05) is 33.3 Å². The fraction of sp³-hybridized carbons (Fsp3) is 0.235. The van der Waals surface area contributed by atoms with Crippen LogP contribution >= 0.6 is 15.9 Å². The molecule has 134 valence electrons. The van der Waals surface area contributed by atoms with Crippen LogP contribution in [0.25, 0.3) is 0 Å². The summed E-state index contributed by atoms with van der Waals surface area (Å²) in [7, 11) is 4.43. The summed E-state index contributed by atoms with van der Waals surface area (Å²) >= 11 is 3.15. The molecule has 2 rings (SSSR count). The van der Waals surface area contributed by atoms with Gasteiger partial charge >= 0.3 is 0 Å². The van der Waals surface area contributed by atoms with E-state index < -0.39 is 11.7 Å².